The molecule has 0 bridgehead atoms. The highest BCUT2D eigenvalue weighted by atomic mass is 16.5. The molecule has 4 rings (SSSR count). The van der Waals surface area contributed by atoms with Gasteiger partial charge in [0, 0.05) is 43.2 Å². The molecule has 140 valence electrons. The molecule has 1 amide bonds. The Balaban J connectivity index is 1.53. The van der Waals surface area contributed by atoms with Crippen LogP contribution in [0.1, 0.15) is 36.5 Å². The van der Waals surface area contributed by atoms with E-state index in [2.05, 4.69) is 22.0 Å². The van der Waals surface area contributed by atoms with Crippen molar-refractivity contribution in [3.05, 3.63) is 48.5 Å². The molecule has 0 saturated carbocycles. The molecule has 7 heteroatoms. The van der Waals surface area contributed by atoms with E-state index in [1.165, 1.54) is 6.33 Å². The van der Waals surface area contributed by atoms with Crippen molar-refractivity contribution < 1.29 is 9.53 Å². The van der Waals surface area contributed by atoms with Crippen LogP contribution in [0, 0.1) is 0 Å². The lowest BCUT2D eigenvalue weighted by Gasteiger charge is -2.32. The molecule has 1 aromatic carbocycles. The van der Waals surface area contributed by atoms with Crippen molar-refractivity contribution in [2.75, 3.05) is 19.7 Å². The topological polar surface area (TPSA) is 72.6 Å². The molecule has 0 radical (unpaired) electrons. The van der Waals surface area contributed by atoms with E-state index in [-0.39, 0.29) is 12.0 Å². The Morgan fingerprint density at radius 3 is 3.11 bits per heavy atom. The van der Waals surface area contributed by atoms with Crippen LogP contribution < -0.4 is 0 Å². The van der Waals surface area contributed by atoms with Crippen molar-refractivity contribution in [3.63, 3.8) is 0 Å². The summed E-state index contributed by atoms with van der Waals surface area (Å²) in [6.45, 7) is 4.29. The summed E-state index contributed by atoms with van der Waals surface area (Å²) in [4.78, 5) is 23.3. The van der Waals surface area contributed by atoms with Crippen LogP contribution in [0.4, 0.5) is 0 Å². The van der Waals surface area contributed by atoms with Gasteiger partial charge in [-0.25, -0.2) is 9.50 Å². The number of aromatic nitrogens is 4. The fraction of sp³-hybridized carbons (Fsp3) is 0.400. The van der Waals surface area contributed by atoms with Gasteiger partial charge in [-0.05, 0) is 37.0 Å². The third kappa shape index (κ3) is 3.83. The molecule has 3 aromatic rings. The summed E-state index contributed by atoms with van der Waals surface area (Å²) in [5, 5.41) is 4.12. The highest BCUT2D eigenvalue weighted by Gasteiger charge is 2.25. The molecule has 7 nitrogen and oxygen atoms in total. The number of nitrogens with zero attached hydrogens (tertiary/aromatic N) is 5. The fourth-order valence-corrected chi connectivity index (χ4v) is 3.43. The molecule has 1 aliphatic heterocycles. The molecule has 1 atom stereocenters. The van der Waals surface area contributed by atoms with Gasteiger partial charge in [-0.2, -0.15) is 10.1 Å². The maximum Gasteiger partial charge on any atom is 0.253 e. The van der Waals surface area contributed by atoms with E-state index in [0.29, 0.717) is 17.9 Å². The maximum atomic E-state index is 13.0. The van der Waals surface area contributed by atoms with Crippen LogP contribution in [0.2, 0.25) is 0 Å². The number of hydrogen-bond donors (Lipinski definition) is 0. The predicted octanol–water partition coefficient (Wildman–Crippen LogP) is 2.82. The average molecular weight is 365 g/mol. The summed E-state index contributed by atoms with van der Waals surface area (Å²) in [6.07, 6.45) is 8.23. The lowest BCUT2D eigenvalue weighted by Crippen LogP contribution is -2.43. The van der Waals surface area contributed by atoms with E-state index in [4.69, 9.17) is 4.74 Å². The van der Waals surface area contributed by atoms with E-state index in [0.717, 1.165) is 43.5 Å². The zero-order valence-corrected chi connectivity index (χ0v) is 15.4. The van der Waals surface area contributed by atoms with Crippen molar-refractivity contribution in [1.82, 2.24) is 24.5 Å². The number of carbonyl (C=O) groups excluding carboxylic acids is 1. The van der Waals surface area contributed by atoms with Gasteiger partial charge in [0.2, 0.25) is 0 Å². The van der Waals surface area contributed by atoms with Crippen molar-refractivity contribution in [2.45, 2.75) is 32.3 Å². The molecular formula is C20H23N5O2. The van der Waals surface area contributed by atoms with Gasteiger partial charge >= 0.3 is 0 Å². The Kier molecular flexibility index (Phi) is 5.11. The highest BCUT2D eigenvalue weighted by Crippen LogP contribution is 2.22. The van der Waals surface area contributed by atoms with E-state index in [1.807, 2.05) is 35.4 Å². The normalized spacial score (nSPS) is 17.4. The van der Waals surface area contributed by atoms with Crippen molar-refractivity contribution in [2.24, 2.45) is 0 Å². The molecule has 3 heterocycles. The second kappa shape index (κ2) is 7.84. The minimum atomic E-state index is 0.0523. The number of ether oxygens (including phenoxy) is 1. The molecule has 0 aliphatic carbocycles. The van der Waals surface area contributed by atoms with Gasteiger partial charge in [-0.1, -0.05) is 19.1 Å². The van der Waals surface area contributed by atoms with Crippen LogP contribution in [0.15, 0.2) is 43.0 Å². The van der Waals surface area contributed by atoms with Gasteiger partial charge in [0.25, 0.3) is 11.7 Å². The molecule has 0 spiro atoms. The molecule has 1 aliphatic rings. The summed E-state index contributed by atoms with van der Waals surface area (Å²) in [6, 6.07) is 7.66. The second-order valence-corrected chi connectivity index (χ2v) is 6.81. The largest absolute Gasteiger partial charge is 0.376 e. The van der Waals surface area contributed by atoms with Gasteiger partial charge < -0.3 is 9.64 Å². The molecule has 2 aromatic heterocycles. The molecular weight excluding hydrogens is 342 g/mol. The predicted molar refractivity (Wildman–Crippen MR) is 101 cm³/mol. The fourth-order valence-electron chi connectivity index (χ4n) is 3.43. The molecule has 0 N–H and O–H groups in total. The minimum Gasteiger partial charge on any atom is -0.376 e. The van der Waals surface area contributed by atoms with Gasteiger partial charge in [-0.3, -0.25) is 4.79 Å². The maximum absolute atomic E-state index is 13.0. The van der Waals surface area contributed by atoms with Crippen LogP contribution in [0.3, 0.4) is 0 Å². The average Bonchev–Trinajstić information content (AvgIpc) is 3.20. The van der Waals surface area contributed by atoms with Gasteiger partial charge in [0.05, 0.1) is 6.10 Å². The van der Waals surface area contributed by atoms with Crippen LogP contribution in [0.25, 0.3) is 16.9 Å². The van der Waals surface area contributed by atoms with Crippen molar-refractivity contribution in [1.29, 1.82) is 0 Å². The van der Waals surface area contributed by atoms with Crippen LogP contribution in [-0.4, -0.2) is 56.2 Å². The van der Waals surface area contributed by atoms with Crippen molar-refractivity contribution in [3.8, 4) is 11.1 Å². The molecule has 1 unspecified atom stereocenters. The summed E-state index contributed by atoms with van der Waals surface area (Å²) in [5.74, 6) is 0.605. The van der Waals surface area contributed by atoms with Gasteiger partial charge in [0.15, 0.2) is 0 Å². The minimum absolute atomic E-state index is 0.0523. The van der Waals surface area contributed by atoms with Gasteiger partial charge in [-0.15, -0.1) is 0 Å². The summed E-state index contributed by atoms with van der Waals surface area (Å²) in [5.41, 5.74) is 2.51. The number of piperidine rings is 1. The lowest BCUT2D eigenvalue weighted by molar-refractivity contribution is 0.00211. The summed E-state index contributed by atoms with van der Waals surface area (Å²) >= 11 is 0. The number of amides is 1. The van der Waals surface area contributed by atoms with E-state index in [1.54, 1.807) is 10.7 Å². The molecule has 27 heavy (non-hydrogen) atoms. The SMILES string of the molecule is CCCOC1CCCN(C(=O)c2cccc(-c3cnc4ncnn4c3)c2)C1. The number of hydrogen-bond acceptors (Lipinski definition) is 5. The third-order valence-corrected chi connectivity index (χ3v) is 4.80. The second-order valence-electron chi connectivity index (χ2n) is 6.81. The Labute approximate surface area is 158 Å². The number of carbonyl (C=O) groups is 1. The number of fused-ring (bicyclic) bond motifs is 1. The number of rotatable bonds is 5. The van der Waals surface area contributed by atoms with Crippen LogP contribution in [0.5, 0.6) is 0 Å². The summed E-state index contributed by atoms with van der Waals surface area (Å²) in [7, 11) is 0. The molecule has 1 saturated heterocycles. The number of benzene rings is 1. The van der Waals surface area contributed by atoms with E-state index >= 15 is 0 Å². The Bertz CT molecular complexity index is 939. The number of likely N-dealkylation sites (tertiary alicyclic amines) is 1. The Morgan fingerprint density at radius 1 is 1.30 bits per heavy atom. The van der Waals surface area contributed by atoms with Crippen LogP contribution >= 0.6 is 0 Å². The van der Waals surface area contributed by atoms with Gasteiger partial charge in [0.1, 0.15) is 6.33 Å². The monoisotopic (exact) mass is 365 g/mol. The zero-order chi connectivity index (χ0) is 18.6. The van der Waals surface area contributed by atoms with Crippen molar-refractivity contribution >= 4 is 11.7 Å². The first-order valence-corrected chi connectivity index (χ1v) is 9.41. The zero-order valence-electron chi connectivity index (χ0n) is 15.4. The third-order valence-electron chi connectivity index (χ3n) is 4.80. The standard InChI is InChI=1S/C20H23N5O2/c1-2-9-27-18-7-4-8-24(13-18)19(26)16-6-3-5-15(10-16)17-11-21-20-22-14-23-25(20)12-17/h3,5-6,10-12,14,18H,2,4,7-9,13H2,1H3. The lowest BCUT2D eigenvalue weighted by atomic mass is 10.0. The smallest absolute Gasteiger partial charge is 0.253 e. The van der Waals surface area contributed by atoms with E-state index in [9.17, 15) is 4.79 Å². The first kappa shape index (κ1) is 17.6. The quantitative estimate of drug-likeness (QED) is 0.695. The first-order valence-electron chi connectivity index (χ1n) is 9.41. The molecule has 1 fully saturated rings. The summed E-state index contributed by atoms with van der Waals surface area (Å²) < 4.78 is 7.49. The first-order chi connectivity index (χ1) is 13.2. The highest BCUT2D eigenvalue weighted by molar-refractivity contribution is 5.95. The Hall–Kier alpha value is -2.80. The van der Waals surface area contributed by atoms with E-state index < -0.39 is 0 Å². The Morgan fingerprint density at radius 2 is 2.22 bits per heavy atom. The van der Waals surface area contributed by atoms with Crippen LogP contribution in [-0.2, 0) is 4.74 Å².